The third-order valence-corrected chi connectivity index (χ3v) is 2.47. The topological polar surface area (TPSA) is 0 Å². The molecule has 0 fully saturated rings. The first-order chi connectivity index (χ1) is 5.84. The fraction of sp³-hybridized carbons (Fsp3) is 0.455. The summed E-state index contributed by atoms with van der Waals surface area (Å²) in [6.45, 7) is 2.14. The van der Waals surface area contributed by atoms with Gasteiger partial charge in [-0.2, -0.15) is 0 Å². The van der Waals surface area contributed by atoms with Gasteiger partial charge in [0.25, 0.3) is 0 Å². The lowest BCUT2D eigenvalue weighted by molar-refractivity contribution is 0.851. The summed E-state index contributed by atoms with van der Waals surface area (Å²) in [5, 5.41) is 1.04. The lowest BCUT2D eigenvalue weighted by atomic mass is 10.1. The summed E-state index contributed by atoms with van der Waals surface area (Å²) in [4.78, 5) is 0. The van der Waals surface area contributed by atoms with Crippen LogP contribution in [0.3, 0.4) is 0 Å². The Bertz CT molecular complexity index is 221. The van der Waals surface area contributed by atoms with Crippen LogP contribution in [0.5, 0.6) is 0 Å². The summed E-state index contributed by atoms with van der Waals surface area (Å²) in [5.74, 6) is 0. The Kier molecular flexibility index (Phi) is 4.16. The van der Waals surface area contributed by atoms with Crippen LogP contribution in [0, 0.1) is 0 Å². The van der Waals surface area contributed by atoms with Crippen molar-refractivity contribution in [2.24, 2.45) is 0 Å². The van der Waals surface area contributed by atoms with Crippen LogP contribution in [0.15, 0.2) is 34.9 Å². The minimum absolute atomic E-state index is 1.03. The molecule has 1 aliphatic carbocycles. The summed E-state index contributed by atoms with van der Waals surface area (Å²) in [6, 6.07) is 0. The molecule has 0 aliphatic heterocycles. The van der Waals surface area contributed by atoms with E-state index in [1.807, 2.05) is 0 Å². The number of halogens is 1. The number of hydrogen-bond donors (Lipinski definition) is 0. The van der Waals surface area contributed by atoms with Gasteiger partial charge in [0.05, 0.1) is 0 Å². The first-order valence-corrected chi connectivity index (χ1v) is 4.93. The molecule has 1 aliphatic rings. The second-order valence-corrected chi connectivity index (χ2v) is 3.42. The van der Waals surface area contributed by atoms with E-state index in [2.05, 4.69) is 31.2 Å². The van der Waals surface area contributed by atoms with Gasteiger partial charge in [0, 0.05) is 5.03 Å². The molecule has 0 saturated carbocycles. The van der Waals surface area contributed by atoms with Crippen LogP contribution in [0.1, 0.15) is 32.6 Å². The summed E-state index contributed by atoms with van der Waals surface area (Å²) in [5.41, 5.74) is 1.28. The molecule has 0 radical (unpaired) electrons. The van der Waals surface area contributed by atoms with Crippen molar-refractivity contribution in [3.05, 3.63) is 34.9 Å². The van der Waals surface area contributed by atoms with Gasteiger partial charge in [-0.1, -0.05) is 42.8 Å². The predicted molar refractivity (Wildman–Crippen MR) is 55.3 cm³/mol. The zero-order chi connectivity index (χ0) is 8.81. The highest BCUT2D eigenvalue weighted by Crippen LogP contribution is 2.21. The summed E-state index contributed by atoms with van der Waals surface area (Å²) in [7, 11) is 0. The third-order valence-electron chi connectivity index (χ3n) is 2.04. The van der Waals surface area contributed by atoms with Crippen molar-refractivity contribution in [2.45, 2.75) is 32.6 Å². The second-order valence-electron chi connectivity index (χ2n) is 2.96. The van der Waals surface area contributed by atoms with Crippen LogP contribution >= 0.6 is 11.6 Å². The molecule has 0 aromatic rings. The minimum atomic E-state index is 1.03. The Labute approximate surface area is 79.6 Å². The second kappa shape index (κ2) is 5.21. The lowest BCUT2D eigenvalue weighted by Gasteiger charge is -2.01. The van der Waals surface area contributed by atoms with Gasteiger partial charge in [-0.15, -0.1) is 0 Å². The normalized spacial score (nSPS) is 18.8. The molecule has 0 N–H and O–H groups in total. The van der Waals surface area contributed by atoms with Gasteiger partial charge >= 0.3 is 0 Å². The zero-order valence-electron chi connectivity index (χ0n) is 7.52. The van der Waals surface area contributed by atoms with Crippen LogP contribution in [0.4, 0.5) is 0 Å². The molecule has 1 rings (SSSR count). The maximum Gasteiger partial charge on any atom is 0.0212 e. The van der Waals surface area contributed by atoms with Gasteiger partial charge in [0.15, 0.2) is 0 Å². The molecule has 1 heteroatoms. The molecule has 12 heavy (non-hydrogen) atoms. The van der Waals surface area contributed by atoms with Crippen molar-refractivity contribution in [2.75, 3.05) is 0 Å². The number of allylic oxidation sites excluding steroid dienone is 6. The van der Waals surface area contributed by atoms with Crippen molar-refractivity contribution in [1.82, 2.24) is 0 Å². The van der Waals surface area contributed by atoms with Gasteiger partial charge in [-0.05, 0) is 31.3 Å². The van der Waals surface area contributed by atoms with Crippen LogP contribution in [0.25, 0.3) is 0 Å². The molecular formula is C11H15Cl. The van der Waals surface area contributed by atoms with E-state index in [0.717, 1.165) is 24.3 Å². The highest BCUT2D eigenvalue weighted by molar-refractivity contribution is 6.30. The molecule has 0 saturated heterocycles. The van der Waals surface area contributed by atoms with Gasteiger partial charge in [0.1, 0.15) is 0 Å². The van der Waals surface area contributed by atoms with Gasteiger partial charge in [-0.25, -0.2) is 0 Å². The first-order valence-electron chi connectivity index (χ1n) is 4.55. The van der Waals surface area contributed by atoms with Crippen molar-refractivity contribution >= 4 is 11.6 Å². The molecular weight excluding hydrogens is 168 g/mol. The Morgan fingerprint density at radius 2 is 2.25 bits per heavy atom. The van der Waals surface area contributed by atoms with E-state index < -0.39 is 0 Å². The van der Waals surface area contributed by atoms with Crippen molar-refractivity contribution in [3.63, 3.8) is 0 Å². The van der Waals surface area contributed by atoms with Gasteiger partial charge in [0.2, 0.25) is 0 Å². The number of hydrogen-bond acceptors (Lipinski definition) is 0. The van der Waals surface area contributed by atoms with Crippen LogP contribution in [0.2, 0.25) is 0 Å². The zero-order valence-corrected chi connectivity index (χ0v) is 8.27. The smallest absolute Gasteiger partial charge is 0.0212 e. The monoisotopic (exact) mass is 182 g/mol. The van der Waals surface area contributed by atoms with E-state index in [0.29, 0.717) is 0 Å². The van der Waals surface area contributed by atoms with E-state index >= 15 is 0 Å². The minimum Gasteiger partial charge on any atom is -0.0889 e. The number of rotatable bonds is 1. The largest absolute Gasteiger partial charge is 0.0889 e. The van der Waals surface area contributed by atoms with Crippen LogP contribution in [-0.2, 0) is 0 Å². The van der Waals surface area contributed by atoms with E-state index in [-0.39, 0.29) is 0 Å². The van der Waals surface area contributed by atoms with Crippen molar-refractivity contribution in [1.29, 1.82) is 0 Å². The summed E-state index contributed by atoms with van der Waals surface area (Å²) in [6.07, 6.45) is 12.8. The van der Waals surface area contributed by atoms with E-state index in [1.54, 1.807) is 0 Å². The lowest BCUT2D eigenvalue weighted by Crippen LogP contribution is -1.81. The molecule has 0 bridgehead atoms. The predicted octanol–water partition coefficient (Wildman–Crippen LogP) is 4.19. The third kappa shape index (κ3) is 2.86. The first kappa shape index (κ1) is 9.60. The fourth-order valence-corrected chi connectivity index (χ4v) is 1.61. The molecule has 0 amide bonds. The maximum atomic E-state index is 6.13. The highest BCUT2D eigenvalue weighted by atomic mass is 35.5. The van der Waals surface area contributed by atoms with Gasteiger partial charge < -0.3 is 0 Å². The van der Waals surface area contributed by atoms with E-state index in [1.165, 1.54) is 12.0 Å². The van der Waals surface area contributed by atoms with E-state index in [9.17, 15) is 0 Å². The van der Waals surface area contributed by atoms with Crippen molar-refractivity contribution < 1.29 is 0 Å². The molecule has 0 aromatic carbocycles. The van der Waals surface area contributed by atoms with Crippen molar-refractivity contribution in [3.8, 4) is 0 Å². The molecule has 0 atom stereocenters. The molecule has 66 valence electrons. The maximum absolute atomic E-state index is 6.13. The Hall–Kier alpha value is -0.490. The SMILES string of the molecule is CCC1=C(Cl)CCCC=CC=C1. The summed E-state index contributed by atoms with van der Waals surface area (Å²) >= 11 is 6.13. The highest BCUT2D eigenvalue weighted by Gasteiger charge is 1.99. The molecule has 0 unspecified atom stereocenters. The fourth-order valence-electron chi connectivity index (χ4n) is 1.28. The van der Waals surface area contributed by atoms with Crippen LogP contribution < -0.4 is 0 Å². The average molecular weight is 183 g/mol. The molecule has 0 aromatic heterocycles. The quantitative estimate of drug-likeness (QED) is 0.571. The molecule has 0 heterocycles. The van der Waals surface area contributed by atoms with Gasteiger partial charge in [-0.3, -0.25) is 0 Å². The Morgan fingerprint density at radius 3 is 3.00 bits per heavy atom. The standard InChI is InChI=1S/C11H15Cl/c1-2-10-8-6-4-3-5-7-9-11(10)12/h3-4,6,8H,2,5,7,9H2,1H3. The Morgan fingerprint density at radius 1 is 1.42 bits per heavy atom. The molecule has 0 nitrogen and oxygen atoms in total. The average Bonchev–Trinajstić information content (AvgIpc) is 2.17. The Balaban J connectivity index is 2.78. The van der Waals surface area contributed by atoms with Crippen LogP contribution in [-0.4, -0.2) is 0 Å². The van der Waals surface area contributed by atoms with E-state index in [4.69, 9.17) is 11.6 Å². The molecule has 0 spiro atoms. The summed E-state index contributed by atoms with van der Waals surface area (Å²) < 4.78 is 0.